The van der Waals surface area contributed by atoms with Gasteiger partial charge in [-0.15, -0.1) is 0 Å². The topological polar surface area (TPSA) is 88.5 Å². The summed E-state index contributed by atoms with van der Waals surface area (Å²) in [5, 5.41) is 11.3. The van der Waals surface area contributed by atoms with Crippen molar-refractivity contribution in [1.82, 2.24) is 10.3 Å². The molecule has 6 nitrogen and oxygen atoms in total. The molecule has 0 aliphatic heterocycles. The van der Waals surface area contributed by atoms with Crippen molar-refractivity contribution in [2.24, 2.45) is 0 Å². The van der Waals surface area contributed by atoms with Gasteiger partial charge in [0.1, 0.15) is 10.3 Å². The van der Waals surface area contributed by atoms with Crippen LogP contribution in [0.15, 0.2) is 12.1 Å². The fraction of sp³-hybridized carbons (Fsp3) is 0.300. The van der Waals surface area contributed by atoms with Crippen LogP contribution in [-0.2, 0) is 9.53 Å². The number of methoxy groups -OCH3 is 1. The Kier molecular flexibility index (Phi) is 5.33. The molecule has 0 aromatic carbocycles. The number of pyridine rings is 1. The second-order valence-corrected chi connectivity index (χ2v) is 3.95. The number of amides is 1. The first-order valence-electron chi connectivity index (χ1n) is 4.81. The van der Waals surface area contributed by atoms with Crippen LogP contribution in [0.3, 0.4) is 0 Å². The number of nitrogens with zero attached hydrogens (tertiary/aromatic N) is 1. The molecule has 0 bridgehead atoms. The number of hydrogen-bond donors (Lipinski definition) is 2. The largest absolute Gasteiger partial charge is 0.467 e. The molecule has 98 valence electrons. The van der Waals surface area contributed by atoms with Gasteiger partial charge in [-0.1, -0.05) is 23.2 Å². The number of hydrogen-bond acceptors (Lipinski definition) is 5. The zero-order valence-electron chi connectivity index (χ0n) is 9.31. The minimum atomic E-state index is -1.16. The number of aromatic nitrogens is 1. The summed E-state index contributed by atoms with van der Waals surface area (Å²) in [6, 6.07) is 1.59. The number of halogens is 2. The summed E-state index contributed by atoms with van der Waals surface area (Å²) in [5.41, 5.74) is 0.0448. The molecule has 0 aliphatic rings. The number of rotatable bonds is 4. The molecule has 1 aromatic rings. The van der Waals surface area contributed by atoms with E-state index in [2.05, 4.69) is 15.0 Å². The van der Waals surface area contributed by atoms with Gasteiger partial charge in [0, 0.05) is 0 Å². The third kappa shape index (κ3) is 3.56. The number of carbonyl (C=O) groups is 2. The maximum atomic E-state index is 11.8. The fourth-order valence-electron chi connectivity index (χ4n) is 1.14. The van der Waals surface area contributed by atoms with Crippen LogP contribution in [-0.4, -0.2) is 41.7 Å². The molecular weight excluding hydrogens is 283 g/mol. The molecular formula is C10H10Cl2N2O4. The summed E-state index contributed by atoms with van der Waals surface area (Å²) in [7, 11) is 1.15. The third-order valence-electron chi connectivity index (χ3n) is 2.03. The van der Waals surface area contributed by atoms with Gasteiger partial charge in [0.2, 0.25) is 0 Å². The molecule has 2 N–H and O–H groups in total. The summed E-state index contributed by atoms with van der Waals surface area (Å²) in [5.74, 6) is -1.42. The van der Waals surface area contributed by atoms with Gasteiger partial charge >= 0.3 is 5.97 Å². The number of nitrogens with one attached hydrogen (secondary N) is 1. The Morgan fingerprint density at radius 2 is 2.17 bits per heavy atom. The van der Waals surface area contributed by atoms with Crippen LogP contribution < -0.4 is 5.32 Å². The smallest absolute Gasteiger partial charge is 0.330 e. The highest BCUT2D eigenvalue weighted by molar-refractivity contribution is 6.34. The lowest BCUT2D eigenvalue weighted by molar-refractivity contribution is -0.143. The van der Waals surface area contributed by atoms with Gasteiger partial charge in [-0.2, -0.15) is 0 Å². The van der Waals surface area contributed by atoms with Crippen LogP contribution in [0.2, 0.25) is 10.3 Å². The Balaban J connectivity index is 2.84. The molecule has 1 amide bonds. The van der Waals surface area contributed by atoms with Gasteiger partial charge in [0.25, 0.3) is 5.91 Å². The standard InChI is InChI=1S/C10H10Cl2N2O4/c1-18-10(17)6(4-15)13-9(16)5-2-3-7(11)14-8(5)12/h2-3,6,15H,4H2,1H3,(H,13,16)/t6-/m0/s1. The molecule has 18 heavy (non-hydrogen) atoms. The van der Waals surface area contributed by atoms with Crippen LogP contribution in [0.1, 0.15) is 10.4 Å². The van der Waals surface area contributed by atoms with Crippen molar-refractivity contribution in [1.29, 1.82) is 0 Å². The second kappa shape index (κ2) is 6.53. The molecule has 1 rings (SSSR count). The Labute approximate surface area is 113 Å². The lowest BCUT2D eigenvalue weighted by atomic mass is 10.2. The maximum absolute atomic E-state index is 11.8. The molecule has 1 heterocycles. The number of aliphatic hydroxyl groups excluding tert-OH is 1. The molecule has 0 unspecified atom stereocenters. The van der Waals surface area contributed by atoms with Crippen LogP contribution in [0, 0.1) is 0 Å². The Morgan fingerprint density at radius 3 is 2.67 bits per heavy atom. The van der Waals surface area contributed by atoms with Crippen molar-refractivity contribution in [3.63, 3.8) is 0 Å². The van der Waals surface area contributed by atoms with Crippen LogP contribution in [0.25, 0.3) is 0 Å². The van der Waals surface area contributed by atoms with E-state index in [0.717, 1.165) is 7.11 Å². The van der Waals surface area contributed by atoms with E-state index in [4.69, 9.17) is 28.3 Å². The minimum absolute atomic E-state index is 0.0448. The first-order valence-corrected chi connectivity index (χ1v) is 5.56. The van der Waals surface area contributed by atoms with Gasteiger partial charge in [-0.25, -0.2) is 9.78 Å². The van der Waals surface area contributed by atoms with Crippen molar-refractivity contribution in [3.8, 4) is 0 Å². The van der Waals surface area contributed by atoms with Crippen molar-refractivity contribution in [2.45, 2.75) is 6.04 Å². The lowest BCUT2D eigenvalue weighted by Crippen LogP contribution is -2.44. The van der Waals surface area contributed by atoms with Crippen LogP contribution >= 0.6 is 23.2 Å². The van der Waals surface area contributed by atoms with Gasteiger partial charge < -0.3 is 15.2 Å². The Bertz CT molecular complexity index is 467. The van der Waals surface area contributed by atoms with E-state index < -0.39 is 24.5 Å². The van der Waals surface area contributed by atoms with Gasteiger partial charge in [0.05, 0.1) is 19.3 Å². The third-order valence-corrected chi connectivity index (χ3v) is 2.53. The molecule has 1 aromatic heterocycles. The zero-order valence-corrected chi connectivity index (χ0v) is 10.8. The minimum Gasteiger partial charge on any atom is -0.467 e. The van der Waals surface area contributed by atoms with E-state index in [1.807, 2.05) is 0 Å². The van der Waals surface area contributed by atoms with Crippen LogP contribution in [0.4, 0.5) is 0 Å². The van der Waals surface area contributed by atoms with Crippen molar-refractivity contribution >= 4 is 35.1 Å². The molecule has 1 atom stereocenters. The molecule has 0 fully saturated rings. The summed E-state index contributed by atoms with van der Waals surface area (Å²) in [6.07, 6.45) is 0. The maximum Gasteiger partial charge on any atom is 0.330 e. The van der Waals surface area contributed by atoms with E-state index in [1.165, 1.54) is 12.1 Å². The fourth-order valence-corrected chi connectivity index (χ4v) is 1.57. The van der Waals surface area contributed by atoms with Gasteiger partial charge in [-0.05, 0) is 12.1 Å². The zero-order chi connectivity index (χ0) is 13.7. The predicted octanol–water partition coefficient (Wildman–Crippen LogP) is 0.652. The highest BCUT2D eigenvalue weighted by Gasteiger charge is 2.22. The molecule has 8 heteroatoms. The van der Waals surface area contributed by atoms with E-state index in [9.17, 15) is 9.59 Å². The first-order chi connectivity index (χ1) is 8.49. The monoisotopic (exact) mass is 292 g/mol. The van der Waals surface area contributed by atoms with Crippen molar-refractivity contribution in [2.75, 3.05) is 13.7 Å². The van der Waals surface area contributed by atoms with E-state index in [1.54, 1.807) is 0 Å². The van der Waals surface area contributed by atoms with Gasteiger partial charge in [-0.3, -0.25) is 4.79 Å². The van der Waals surface area contributed by atoms with Crippen molar-refractivity contribution < 1.29 is 19.4 Å². The molecule has 0 saturated carbocycles. The van der Waals surface area contributed by atoms with E-state index in [0.29, 0.717) is 0 Å². The normalized spacial score (nSPS) is 11.8. The molecule has 0 aliphatic carbocycles. The summed E-state index contributed by atoms with van der Waals surface area (Å²) in [6.45, 7) is -0.586. The Hall–Kier alpha value is -1.37. The lowest BCUT2D eigenvalue weighted by Gasteiger charge is -2.14. The first kappa shape index (κ1) is 14.7. The highest BCUT2D eigenvalue weighted by atomic mass is 35.5. The average molecular weight is 293 g/mol. The molecule has 0 saturated heterocycles. The number of ether oxygens (including phenoxy) is 1. The molecule has 0 radical (unpaired) electrons. The second-order valence-electron chi connectivity index (χ2n) is 3.20. The average Bonchev–Trinajstić information content (AvgIpc) is 2.34. The Morgan fingerprint density at radius 1 is 1.50 bits per heavy atom. The molecule has 0 spiro atoms. The number of carbonyl (C=O) groups excluding carboxylic acids is 2. The summed E-state index contributed by atoms with van der Waals surface area (Å²) < 4.78 is 4.41. The SMILES string of the molecule is COC(=O)[C@H](CO)NC(=O)c1ccc(Cl)nc1Cl. The number of esters is 1. The highest BCUT2D eigenvalue weighted by Crippen LogP contribution is 2.16. The number of aliphatic hydroxyl groups is 1. The van der Waals surface area contributed by atoms with E-state index >= 15 is 0 Å². The quantitative estimate of drug-likeness (QED) is 0.628. The van der Waals surface area contributed by atoms with Crippen LogP contribution in [0.5, 0.6) is 0 Å². The van der Waals surface area contributed by atoms with Crippen molar-refractivity contribution in [3.05, 3.63) is 28.0 Å². The van der Waals surface area contributed by atoms with E-state index in [-0.39, 0.29) is 15.9 Å². The summed E-state index contributed by atoms with van der Waals surface area (Å²) in [4.78, 5) is 26.6. The predicted molar refractivity (Wildman–Crippen MR) is 64.6 cm³/mol. The van der Waals surface area contributed by atoms with Gasteiger partial charge in [0.15, 0.2) is 6.04 Å². The summed E-state index contributed by atoms with van der Waals surface area (Å²) >= 11 is 11.3.